The van der Waals surface area contributed by atoms with E-state index in [-0.39, 0.29) is 0 Å². The molecule has 0 bridgehead atoms. The van der Waals surface area contributed by atoms with E-state index < -0.39 is 18.5 Å². The van der Waals surface area contributed by atoms with Gasteiger partial charge in [0.2, 0.25) is 0 Å². The maximum Gasteiger partial charge on any atom is 0.278 e. The van der Waals surface area contributed by atoms with Crippen LogP contribution < -0.4 is 0 Å². The summed E-state index contributed by atoms with van der Waals surface area (Å²) in [7, 11) is 0. The Morgan fingerprint density at radius 1 is 1.62 bits per heavy atom. The highest BCUT2D eigenvalue weighted by Crippen LogP contribution is 2.23. The van der Waals surface area contributed by atoms with Gasteiger partial charge < -0.3 is 0 Å². The van der Waals surface area contributed by atoms with Crippen molar-refractivity contribution in [3.63, 3.8) is 0 Å². The van der Waals surface area contributed by atoms with Crippen molar-refractivity contribution in [2.75, 3.05) is 0 Å². The number of alkyl halides is 3. The number of hydrogen-bond acceptors (Lipinski definition) is 0. The van der Waals surface area contributed by atoms with Crippen molar-refractivity contribution in [2.24, 2.45) is 0 Å². The molecular formula is C5H8F3. The standard InChI is InChI=1S/C5H8F3/c1-3-5(7,8)4(2)6/h4H,1,3H2,2H3. The molecule has 0 aromatic carbocycles. The second-order valence-corrected chi connectivity index (χ2v) is 1.63. The molecule has 8 heavy (non-hydrogen) atoms. The van der Waals surface area contributed by atoms with E-state index in [0.717, 1.165) is 6.92 Å². The summed E-state index contributed by atoms with van der Waals surface area (Å²) in [4.78, 5) is 0. The lowest BCUT2D eigenvalue weighted by Gasteiger charge is -2.13. The molecule has 1 unspecified atom stereocenters. The summed E-state index contributed by atoms with van der Waals surface area (Å²) in [5.74, 6) is -3.24. The molecule has 0 rings (SSSR count). The van der Waals surface area contributed by atoms with Crippen molar-refractivity contribution < 1.29 is 13.2 Å². The van der Waals surface area contributed by atoms with Crippen LogP contribution in [0.3, 0.4) is 0 Å². The molecule has 0 amide bonds. The topological polar surface area (TPSA) is 0 Å². The number of hydrogen-bond donors (Lipinski definition) is 0. The molecule has 0 aliphatic heterocycles. The molecule has 3 heteroatoms. The summed E-state index contributed by atoms with van der Waals surface area (Å²) >= 11 is 0. The molecule has 0 heterocycles. The Balaban J connectivity index is 3.71. The first-order chi connectivity index (χ1) is 3.50. The van der Waals surface area contributed by atoms with Gasteiger partial charge in [0.25, 0.3) is 5.92 Å². The predicted molar refractivity (Wildman–Crippen MR) is 25.5 cm³/mol. The monoisotopic (exact) mass is 125 g/mol. The highest BCUT2D eigenvalue weighted by molar-refractivity contribution is 4.73. The van der Waals surface area contributed by atoms with Crippen LogP contribution in [0.25, 0.3) is 0 Å². The van der Waals surface area contributed by atoms with E-state index in [1.807, 2.05) is 0 Å². The summed E-state index contributed by atoms with van der Waals surface area (Å²) in [6.07, 6.45) is -2.76. The lowest BCUT2D eigenvalue weighted by molar-refractivity contribution is -0.0621. The third-order valence-electron chi connectivity index (χ3n) is 0.915. The van der Waals surface area contributed by atoms with Gasteiger partial charge in [-0.2, -0.15) is 0 Å². The zero-order valence-corrected chi connectivity index (χ0v) is 4.63. The maximum atomic E-state index is 11.8. The Morgan fingerprint density at radius 3 is 2.00 bits per heavy atom. The van der Waals surface area contributed by atoms with Crippen molar-refractivity contribution in [1.29, 1.82) is 0 Å². The molecule has 0 N–H and O–H groups in total. The molecule has 0 aromatic heterocycles. The minimum atomic E-state index is -3.24. The van der Waals surface area contributed by atoms with Crippen LogP contribution in [0.4, 0.5) is 13.2 Å². The maximum absolute atomic E-state index is 11.8. The third-order valence-corrected chi connectivity index (χ3v) is 0.915. The smallest absolute Gasteiger partial charge is 0.241 e. The summed E-state index contributed by atoms with van der Waals surface area (Å²) in [5.41, 5.74) is 0. The first-order valence-electron chi connectivity index (χ1n) is 2.32. The van der Waals surface area contributed by atoms with E-state index in [4.69, 9.17) is 0 Å². The highest BCUT2D eigenvalue weighted by Gasteiger charge is 2.33. The predicted octanol–water partition coefficient (Wildman–Crippen LogP) is 2.20. The summed E-state index contributed by atoms with van der Waals surface area (Å²) in [5, 5.41) is 0. The molecule has 49 valence electrons. The van der Waals surface area contributed by atoms with Gasteiger partial charge in [-0.15, -0.1) is 0 Å². The number of halogens is 3. The van der Waals surface area contributed by atoms with Gasteiger partial charge in [-0.1, -0.05) is 0 Å². The molecule has 0 aliphatic carbocycles. The van der Waals surface area contributed by atoms with Gasteiger partial charge >= 0.3 is 0 Å². The van der Waals surface area contributed by atoms with Crippen molar-refractivity contribution in [3.8, 4) is 0 Å². The molecule has 0 spiro atoms. The Morgan fingerprint density at radius 2 is 2.00 bits per heavy atom. The van der Waals surface area contributed by atoms with E-state index in [0.29, 0.717) is 0 Å². The van der Waals surface area contributed by atoms with Gasteiger partial charge in [-0.05, 0) is 13.8 Å². The fourth-order valence-electron chi connectivity index (χ4n) is 0.199. The van der Waals surface area contributed by atoms with Gasteiger partial charge in [0.1, 0.15) is 0 Å². The molecule has 0 saturated heterocycles. The van der Waals surface area contributed by atoms with E-state index in [1.54, 1.807) is 0 Å². The Kier molecular flexibility index (Phi) is 2.31. The van der Waals surface area contributed by atoms with E-state index in [9.17, 15) is 13.2 Å². The Bertz CT molecular complexity index is 68.1. The van der Waals surface area contributed by atoms with Crippen LogP contribution >= 0.6 is 0 Å². The van der Waals surface area contributed by atoms with Crippen LogP contribution in [0, 0.1) is 6.92 Å². The molecule has 0 nitrogen and oxygen atoms in total. The average Bonchev–Trinajstić information content (AvgIpc) is 1.67. The lowest BCUT2D eigenvalue weighted by Crippen LogP contribution is -2.25. The summed E-state index contributed by atoms with van der Waals surface area (Å²) in [6.45, 7) is 3.71. The van der Waals surface area contributed by atoms with Gasteiger partial charge in [0.05, 0.1) is 0 Å². The molecule has 1 radical (unpaired) electrons. The van der Waals surface area contributed by atoms with Gasteiger partial charge in [-0.3, -0.25) is 0 Å². The molecule has 0 aliphatic rings. The van der Waals surface area contributed by atoms with Crippen molar-refractivity contribution in [1.82, 2.24) is 0 Å². The van der Waals surface area contributed by atoms with Crippen LogP contribution in [0.15, 0.2) is 0 Å². The summed E-state index contributed by atoms with van der Waals surface area (Å²) < 4.78 is 35.4. The zero-order valence-electron chi connectivity index (χ0n) is 4.63. The van der Waals surface area contributed by atoms with Crippen LogP contribution in [0.5, 0.6) is 0 Å². The minimum Gasteiger partial charge on any atom is -0.241 e. The molecule has 1 atom stereocenters. The van der Waals surface area contributed by atoms with E-state index in [1.165, 1.54) is 0 Å². The van der Waals surface area contributed by atoms with Gasteiger partial charge in [0.15, 0.2) is 6.17 Å². The first-order valence-corrected chi connectivity index (χ1v) is 2.32. The van der Waals surface area contributed by atoms with Gasteiger partial charge in [0, 0.05) is 6.42 Å². The highest BCUT2D eigenvalue weighted by atomic mass is 19.3. The molecular weight excluding hydrogens is 117 g/mol. The van der Waals surface area contributed by atoms with Crippen LogP contribution in [0.2, 0.25) is 0 Å². The van der Waals surface area contributed by atoms with Crippen LogP contribution in [0.1, 0.15) is 13.3 Å². The van der Waals surface area contributed by atoms with Crippen molar-refractivity contribution in [2.45, 2.75) is 25.4 Å². The second-order valence-electron chi connectivity index (χ2n) is 1.63. The average molecular weight is 125 g/mol. The second kappa shape index (κ2) is 2.37. The van der Waals surface area contributed by atoms with E-state index >= 15 is 0 Å². The van der Waals surface area contributed by atoms with Crippen molar-refractivity contribution in [3.05, 3.63) is 6.92 Å². The molecule has 0 aromatic rings. The fraction of sp³-hybridized carbons (Fsp3) is 0.800. The number of rotatable bonds is 2. The Labute approximate surface area is 46.7 Å². The molecule has 0 fully saturated rings. The zero-order chi connectivity index (χ0) is 6.78. The minimum absolute atomic E-state index is 0.676. The normalized spacial score (nSPS) is 16.1. The fourth-order valence-corrected chi connectivity index (χ4v) is 0.199. The van der Waals surface area contributed by atoms with Crippen LogP contribution in [-0.4, -0.2) is 12.1 Å². The molecule has 0 saturated carbocycles. The van der Waals surface area contributed by atoms with Crippen molar-refractivity contribution >= 4 is 0 Å². The summed E-state index contributed by atoms with van der Waals surface area (Å²) in [6, 6.07) is 0. The lowest BCUT2D eigenvalue weighted by atomic mass is 10.2. The van der Waals surface area contributed by atoms with E-state index in [2.05, 4.69) is 6.92 Å². The quantitative estimate of drug-likeness (QED) is 0.530. The Hall–Kier alpha value is -0.210. The van der Waals surface area contributed by atoms with Crippen LogP contribution in [-0.2, 0) is 0 Å². The third kappa shape index (κ3) is 1.72. The largest absolute Gasteiger partial charge is 0.278 e. The SMILES string of the molecule is [CH2]CC(F)(F)C(C)F. The first kappa shape index (κ1) is 7.79. The van der Waals surface area contributed by atoms with Gasteiger partial charge in [-0.25, -0.2) is 13.2 Å².